The van der Waals surface area contributed by atoms with E-state index in [1.54, 1.807) is 31.1 Å². The van der Waals surface area contributed by atoms with Gasteiger partial charge in [0.05, 0.1) is 10.7 Å². The van der Waals surface area contributed by atoms with Crippen LogP contribution in [-0.2, 0) is 4.79 Å². The van der Waals surface area contributed by atoms with Crippen molar-refractivity contribution in [1.82, 2.24) is 4.90 Å². The summed E-state index contributed by atoms with van der Waals surface area (Å²) in [7, 11) is 3.43. The smallest absolute Gasteiger partial charge is 0.222 e. The van der Waals surface area contributed by atoms with Crippen LogP contribution in [0.4, 0.5) is 10.1 Å². The predicted molar refractivity (Wildman–Crippen MR) is 67.8 cm³/mol. The van der Waals surface area contributed by atoms with Crippen LogP contribution in [0.1, 0.15) is 12.8 Å². The van der Waals surface area contributed by atoms with Crippen molar-refractivity contribution in [3.8, 4) is 0 Å². The molecule has 1 N–H and O–H groups in total. The average molecular weight is 259 g/mol. The molecule has 1 aromatic carbocycles. The second-order valence-electron chi connectivity index (χ2n) is 3.92. The Hall–Kier alpha value is -1.29. The Morgan fingerprint density at radius 2 is 2.18 bits per heavy atom. The number of amides is 1. The van der Waals surface area contributed by atoms with E-state index in [-0.39, 0.29) is 10.9 Å². The van der Waals surface area contributed by atoms with Gasteiger partial charge in [-0.3, -0.25) is 4.79 Å². The summed E-state index contributed by atoms with van der Waals surface area (Å²) in [6.07, 6.45) is 1.10. The van der Waals surface area contributed by atoms with Gasteiger partial charge in [-0.15, -0.1) is 0 Å². The van der Waals surface area contributed by atoms with Crippen LogP contribution in [-0.4, -0.2) is 31.4 Å². The summed E-state index contributed by atoms with van der Waals surface area (Å²) in [5, 5.41) is 3.01. The number of benzene rings is 1. The first-order valence-electron chi connectivity index (χ1n) is 5.40. The van der Waals surface area contributed by atoms with Gasteiger partial charge < -0.3 is 10.2 Å². The molecule has 17 heavy (non-hydrogen) atoms. The van der Waals surface area contributed by atoms with Crippen LogP contribution in [0.2, 0.25) is 5.02 Å². The Bertz CT molecular complexity index is 396. The number of halogens is 2. The highest BCUT2D eigenvalue weighted by molar-refractivity contribution is 6.31. The summed E-state index contributed by atoms with van der Waals surface area (Å²) in [5.74, 6) is -0.383. The fourth-order valence-electron chi connectivity index (χ4n) is 1.33. The molecule has 0 heterocycles. The summed E-state index contributed by atoms with van der Waals surface area (Å²) >= 11 is 5.64. The van der Waals surface area contributed by atoms with Gasteiger partial charge in [-0.1, -0.05) is 17.7 Å². The van der Waals surface area contributed by atoms with Crippen LogP contribution < -0.4 is 5.32 Å². The second-order valence-corrected chi connectivity index (χ2v) is 4.33. The van der Waals surface area contributed by atoms with E-state index in [1.165, 1.54) is 6.07 Å². The van der Waals surface area contributed by atoms with E-state index in [2.05, 4.69) is 5.32 Å². The van der Waals surface area contributed by atoms with Crippen molar-refractivity contribution in [2.75, 3.05) is 26.0 Å². The van der Waals surface area contributed by atoms with Crippen molar-refractivity contribution >= 4 is 23.2 Å². The molecule has 1 aromatic rings. The zero-order valence-electron chi connectivity index (χ0n) is 9.96. The lowest BCUT2D eigenvalue weighted by molar-refractivity contribution is -0.128. The van der Waals surface area contributed by atoms with Gasteiger partial charge in [-0.2, -0.15) is 0 Å². The second kappa shape index (κ2) is 6.45. The molecule has 0 aliphatic rings. The van der Waals surface area contributed by atoms with Crippen LogP contribution in [0.15, 0.2) is 18.2 Å². The lowest BCUT2D eigenvalue weighted by Crippen LogP contribution is -2.22. The number of nitrogens with zero attached hydrogens (tertiary/aromatic N) is 1. The Kier molecular flexibility index (Phi) is 5.22. The molecule has 0 bridgehead atoms. The van der Waals surface area contributed by atoms with Crippen molar-refractivity contribution in [3.05, 3.63) is 29.0 Å². The summed E-state index contributed by atoms with van der Waals surface area (Å²) in [5.41, 5.74) is 0.370. The van der Waals surface area contributed by atoms with E-state index >= 15 is 0 Å². The third-order valence-corrected chi connectivity index (χ3v) is 2.63. The van der Waals surface area contributed by atoms with E-state index in [0.717, 1.165) is 0 Å². The number of hydrogen-bond acceptors (Lipinski definition) is 2. The van der Waals surface area contributed by atoms with Crippen molar-refractivity contribution in [1.29, 1.82) is 0 Å². The minimum Gasteiger partial charge on any atom is -0.383 e. The van der Waals surface area contributed by atoms with E-state index in [9.17, 15) is 9.18 Å². The van der Waals surface area contributed by atoms with Gasteiger partial charge in [0.2, 0.25) is 5.91 Å². The maximum absolute atomic E-state index is 13.4. The molecule has 0 spiro atoms. The first-order chi connectivity index (χ1) is 8.02. The highest BCUT2D eigenvalue weighted by Gasteiger charge is 2.06. The SMILES string of the molecule is CN(C)C(=O)CCCNc1cccc(Cl)c1F. The number of hydrogen-bond donors (Lipinski definition) is 1. The van der Waals surface area contributed by atoms with Crippen LogP contribution in [0.5, 0.6) is 0 Å². The number of anilines is 1. The van der Waals surface area contributed by atoms with E-state index in [4.69, 9.17) is 11.6 Å². The molecule has 0 aliphatic heterocycles. The molecule has 94 valence electrons. The van der Waals surface area contributed by atoms with E-state index in [0.29, 0.717) is 25.1 Å². The molecule has 0 atom stereocenters. The van der Waals surface area contributed by atoms with Crippen LogP contribution in [0.3, 0.4) is 0 Å². The Morgan fingerprint density at radius 3 is 2.82 bits per heavy atom. The van der Waals surface area contributed by atoms with Gasteiger partial charge in [0.25, 0.3) is 0 Å². The highest BCUT2D eigenvalue weighted by atomic mass is 35.5. The molecule has 0 unspecified atom stereocenters. The fourth-order valence-corrected chi connectivity index (χ4v) is 1.50. The van der Waals surface area contributed by atoms with Crippen LogP contribution in [0.25, 0.3) is 0 Å². The number of nitrogens with one attached hydrogen (secondary N) is 1. The van der Waals surface area contributed by atoms with Crippen molar-refractivity contribution in [3.63, 3.8) is 0 Å². The zero-order valence-corrected chi connectivity index (χ0v) is 10.7. The molecule has 1 amide bonds. The molecular formula is C12H16ClFN2O. The molecule has 0 radical (unpaired) electrons. The Labute approximate surface area is 106 Å². The molecule has 1 rings (SSSR count). The first-order valence-corrected chi connectivity index (χ1v) is 5.78. The number of rotatable bonds is 5. The maximum Gasteiger partial charge on any atom is 0.222 e. The molecule has 0 fully saturated rings. The van der Waals surface area contributed by atoms with Crippen LogP contribution >= 0.6 is 11.6 Å². The Morgan fingerprint density at radius 1 is 1.47 bits per heavy atom. The van der Waals surface area contributed by atoms with Gasteiger partial charge in [0.15, 0.2) is 5.82 Å². The van der Waals surface area contributed by atoms with Crippen LogP contribution in [0, 0.1) is 5.82 Å². The van der Waals surface area contributed by atoms with Gasteiger partial charge in [0, 0.05) is 27.1 Å². The van der Waals surface area contributed by atoms with Gasteiger partial charge >= 0.3 is 0 Å². The largest absolute Gasteiger partial charge is 0.383 e. The minimum absolute atomic E-state index is 0.0679. The van der Waals surface area contributed by atoms with Crippen molar-refractivity contribution in [2.45, 2.75) is 12.8 Å². The average Bonchev–Trinajstić information content (AvgIpc) is 2.29. The van der Waals surface area contributed by atoms with Gasteiger partial charge in [-0.25, -0.2) is 4.39 Å². The van der Waals surface area contributed by atoms with Crippen molar-refractivity contribution < 1.29 is 9.18 Å². The van der Waals surface area contributed by atoms with Gasteiger partial charge in [-0.05, 0) is 18.6 Å². The first kappa shape index (κ1) is 13.8. The van der Waals surface area contributed by atoms with E-state index in [1.807, 2.05) is 0 Å². The molecule has 0 aromatic heterocycles. The maximum atomic E-state index is 13.4. The standard InChI is InChI=1S/C12H16ClFN2O/c1-16(2)11(17)7-4-8-15-10-6-3-5-9(13)12(10)14/h3,5-6,15H,4,7-8H2,1-2H3. The molecule has 0 saturated carbocycles. The molecule has 3 nitrogen and oxygen atoms in total. The highest BCUT2D eigenvalue weighted by Crippen LogP contribution is 2.21. The fraction of sp³-hybridized carbons (Fsp3) is 0.417. The third kappa shape index (κ3) is 4.23. The summed E-state index contributed by atoms with van der Waals surface area (Å²) in [4.78, 5) is 12.8. The third-order valence-electron chi connectivity index (χ3n) is 2.33. The number of carbonyl (C=O) groups excluding carboxylic acids is 1. The summed E-state index contributed by atoms with van der Waals surface area (Å²) in [6.45, 7) is 0.539. The monoisotopic (exact) mass is 258 g/mol. The summed E-state index contributed by atoms with van der Waals surface area (Å²) in [6, 6.07) is 4.80. The van der Waals surface area contributed by atoms with Gasteiger partial charge in [0.1, 0.15) is 0 Å². The molecule has 0 saturated heterocycles. The lowest BCUT2D eigenvalue weighted by atomic mass is 10.2. The quantitative estimate of drug-likeness (QED) is 0.824. The Balaban J connectivity index is 2.36. The molecular weight excluding hydrogens is 243 g/mol. The predicted octanol–water partition coefficient (Wildman–Crippen LogP) is 2.76. The lowest BCUT2D eigenvalue weighted by Gasteiger charge is -2.11. The molecule has 0 aliphatic carbocycles. The van der Waals surface area contributed by atoms with Crippen molar-refractivity contribution in [2.24, 2.45) is 0 Å². The number of carbonyl (C=O) groups is 1. The molecule has 5 heteroatoms. The zero-order chi connectivity index (χ0) is 12.8. The minimum atomic E-state index is -0.451. The topological polar surface area (TPSA) is 32.3 Å². The normalized spacial score (nSPS) is 10.1. The summed E-state index contributed by atoms with van der Waals surface area (Å²) < 4.78 is 13.4. The van der Waals surface area contributed by atoms with E-state index < -0.39 is 5.82 Å².